The number of para-hydroxylation sites is 1. The first-order valence-electron chi connectivity index (χ1n) is 4.93. The predicted molar refractivity (Wildman–Crippen MR) is 58.2 cm³/mol. The van der Waals surface area contributed by atoms with Gasteiger partial charge >= 0.3 is 0 Å². The van der Waals surface area contributed by atoms with E-state index in [9.17, 15) is 0 Å². The highest BCUT2D eigenvalue weighted by Gasteiger charge is 2.10. The van der Waals surface area contributed by atoms with Crippen LogP contribution in [0.5, 0.6) is 0 Å². The van der Waals surface area contributed by atoms with Crippen molar-refractivity contribution in [1.29, 1.82) is 0 Å². The molecule has 0 radical (unpaired) electrons. The molecule has 74 valence electrons. The van der Waals surface area contributed by atoms with Gasteiger partial charge in [0, 0.05) is 17.5 Å². The number of nitrogens with two attached hydrogens (primary N) is 1. The van der Waals surface area contributed by atoms with Gasteiger partial charge in [0.25, 0.3) is 0 Å². The topological polar surface area (TPSA) is 39.2 Å². The van der Waals surface area contributed by atoms with Crippen LogP contribution in [0.15, 0.2) is 28.9 Å². The number of fused-ring (bicyclic) bond motifs is 1. The van der Waals surface area contributed by atoms with E-state index in [1.807, 2.05) is 0 Å². The lowest BCUT2D eigenvalue weighted by atomic mass is 10.0. The summed E-state index contributed by atoms with van der Waals surface area (Å²) in [7, 11) is 0. The Kier molecular flexibility index (Phi) is 2.30. The molecular formula is C12H15NO. The monoisotopic (exact) mass is 189 g/mol. The minimum Gasteiger partial charge on any atom is -0.464 e. The standard InChI is InChI=1S/C12H15NO/c1-8(2)10-4-3-5-11-9(6-13)7-14-12(10)11/h3-5,7-8H,6,13H2,1-2H3. The fourth-order valence-corrected chi connectivity index (χ4v) is 1.75. The van der Waals surface area contributed by atoms with E-state index >= 15 is 0 Å². The summed E-state index contributed by atoms with van der Waals surface area (Å²) in [6.07, 6.45) is 1.76. The molecule has 0 atom stereocenters. The van der Waals surface area contributed by atoms with E-state index in [1.54, 1.807) is 6.26 Å². The van der Waals surface area contributed by atoms with Gasteiger partial charge in [-0.25, -0.2) is 0 Å². The highest BCUT2D eigenvalue weighted by molar-refractivity contribution is 5.84. The Morgan fingerprint density at radius 3 is 2.79 bits per heavy atom. The van der Waals surface area contributed by atoms with Crippen LogP contribution < -0.4 is 5.73 Å². The number of hydrogen-bond donors (Lipinski definition) is 1. The van der Waals surface area contributed by atoms with Crippen LogP contribution in [0.4, 0.5) is 0 Å². The summed E-state index contributed by atoms with van der Waals surface area (Å²) in [4.78, 5) is 0. The minimum absolute atomic E-state index is 0.482. The summed E-state index contributed by atoms with van der Waals surface area (Å²) in [6.45, 7) is 4.87. The number of hydrogen-bond acceptors (Lipinski definition) is 2. The lowest BCUT2D eigenvalue weighted by molar-refractivity contribution is 0.602. The Balaban J connectivity index is 2.70. The molecule has 0 saturated carbocycles. The Bertz CT molecular complexity index is 443. The molecule has 0 bridgehead atoms. The molecular weight excluding hydrogens is 174 g/mol. The van der Waals surface area contributed by atoms with E-state index in [4.69, 9.17) is 10.2 Å². The normalized spacial score (nSPS) is 11.4. The Labute approximate surface area is 83.7 Å². The zero-order valence-electron chi connectivity index (χ0n) is 8.58. The summed E-state index contributed by atoms with van der Waals surface area (Å²) in [6, 6.07) is 6.23. The quantitative estimate of drug-likeness (QED) is 0.788. The third-order valence-corrected chi connectivity index (χ3v) is 2.55. The molecule has 0 fully saturated rings. The molecule has 0 amide bonds. The number of benzene rings is 1. The lowest BCUT2D eigenvalue weighted by Gasteiger charge is -2.05. The Hall–Kier alpha value is -1.28. The summed E-state index contributed by atoms with van der Waals surface area (Å²) in [5, 5.41) is 1.15. The first kappa shape index (κ1) is 9.28. The smallest absolute Gasteiger partial charge is 0.137 e. The maximum absolute atomic E-state index is 5.63. The third-order valence-electron chi connectivity index (χ3n) is 2.55. The second kappa shape index (κ2) is 3.46. The average molecular weight is 189 g/mol. The van der Waals surface area contributed by atoms with Crippen molar-refractivity contribution in [3.8, 4) is 0 Å². The molecule has 1 aromatic heterocycles. The highest BCUT2D eigenvalue weighted by Crippen LogP contribution is 2.28. The fourth-order valence-electron chi connectivity index (χ4n) is 1.75. The van der Waals surface area contributed by atoms with Crippen molar-refractivity contribution >= 4 is 11.0 Å². The maximum atomic E-state index is 5.63. The molecule has 14 heavy (non-hydrogen) atoms. The molecule has 0 aliphatic rings. The van der Waals surface area contributed by atoms with Crippen LogP contribution in [-0.2, 0) is 6.54 Å². The molecule has 2 aromatic rings. The van der Waals surface area contributed by atoms with Crippen molar-refractivity contribution in [2.75, 3.05) is 0 Å². The van der Waals surface area contributed by atoms with Crippen LogP contribution in [-0.4, -0.2) is 0 Å². The van der Waals surface area contributed by atoms with Gasteiger partial charge in [0.15, 0.2) is 0 Å². The van der Waals surface area contributed by atoms with Gasteiger partial charge in [-0.2, -0.15) is 0 Å². The maximum Gasteiger partial charge on any atom is 0.137 e. The third kappa shape index (κ3) is 1.32. The fraction of sp³-hybridized carbons (Fsp3) is 0.333. The van der Waals surface area contributed by atoms with Crippen LogP contribution in [0, 0.1) is 0 Å². The molecule has 2 rings (SSSR count). The van der Waals surface area contributed by atoms with Crippen LogP contribution in [0.25, 0.3) is 11.0 Å². The molecule has 2 heteroatoms. The van der Waals surface area contributed by atoms with Crippen LogP contribution in [0.1, 0.15) is 30.9 Å². The van der Waals surface area contributed by atoms with Gasteiger partial charge in [0.2, 0.25) is 0 Å². The van der Waals surface area contributed by atoms with Crippen molar-refractivity contribution < 1.29 is 4.42 Å². The molecule has 2 nitrogen and oxygen atoms in total. The molecule has 0 saturated heterocycles. The summed E-state index contributed by atoms with van der Waals surface area (Å²) < 4.78 is 5.55. The van der Waals surface area contributed by atoms with Crippen LogP contribution >= 0.6 is 0 Å². The van der Waals surface area contributed by atoms with Crippen LogP contribution in [0.2, 0.25) is 0 Å². The highest BCUT2D eigenvalue weighted by atomic mass is 16.3. The van der Waals surface area contributed by atoms with E-state index < -0.39 is 0 Å². The van der Waals surface area contributed by atoms with Gasteiger partial charge in [0.1, 0.15) is 5.58 Å². The molecule has 0 aliphatic carbocycles. The van der Waals surface area contributed by atoms with Crippen molar-refractivity contribution in [1.82, 2.24) is 0 Å². The van der Waals surface area contributed by atoms with Gasteiger partial charge in [0.05, 0.1) is 6.26 Å². The summed E-state index contributed by atoms with van der Waals surface area (Å²) >= 11 is 0. The van der Waals surface area contributed by atoms with E-state index in [-0.39, 0.29) is 0 Å². The van der Waals surface area contributed by atoms with Gasteiger partial charge in [-0.1, -0.05) is 32.0 Å². The number of rotatable bonds is 2. The average Bonchev–Trinajstić information content (AvgIpc) is 2.59. The molecule has 1 aromatic carbocycles. The van der Waals surface area contributed by atoms with Gasteiger partial charge in [-0.15, -0.1) is 0 Å². The van der Waals surface area contributed by atoms with Crippen LogP contribution in [0.3, 0.4) is 0 Å². The Morgan fingerprint density at radius 2 is 2.14 bits per heavy atom. The largest absolute Gasteiger partial charge is 0.464 e. The van der Waals surface area contributed by atoms with E-state index in [1.165, 1.54) is 5.56 Å². The van der Waals surface area contributed by atoms with E-state index in [0.717, 1.165) is 16.5 Å². The summed E-state index contributed by atoms with van der Waals surface area (Å²) in [5.41, 5.74) is 8.95. The van der Waals surface area contributed by atoms with Gasteiger partial charge < -0.3 is 10.2 Å². The molecule has 1 heterocycles. The van der Waals surface area contributed by atoms with Crippen molar-refractivity contribution in [3.63, 3.8) is 0 Å². The zero-order valence-corrected chi connectivity index (χ0v) is 8.58. The lowest BCUT2D eigenvalue weighted by Crippen LogP contribution is -1.94. The van der Waals surface area contributed by atoms with Crippen molar-refractivity contribution in [2.45, 2.75) is 26.3 Å². The molecule has 0 spiro atoms. The molecule has 0 unspecified atom stereocenters. The Morgan fingerprint density at radius 1 is 1.36 bits per heavy atom. The zero-order chi connectivity index (χ0) is 10.1. The molecule has 2 N–H and O–H groups in total. The van der Waals surface area contributed by atoms with E-state index in [0.29, 0.717) is 12.5 Å². The molecule has 0 aliphatic heterocycles. The SMILES string of the molecule is CC(C)c1cccc2c(CN)coc12. The first-order valence-corrected chi connectivity index (χ1v) is 4.93. The predicted octanol–water partition coefficient (Wildman–Crippen LogP) is 3.01. The van der Waals surface area contributed by atoms with Gasteiger partial charge in [-0.3, -0.25) is 0 Å². The van der Waals surface area contributed by atoms with Gasteiger partial charge in [-0.05, 0) is 11.5 Å². The van der Waals surface area contributed by atoms with Crippen molar-refractivity contribution in [3.05, 3.63) is 35.6 Å². The number of furan rings is 1. The second-order valence-corrected chi connectivity index (χ2v) is 3.84. The second-order valence-electron chi connectivity index (χ2n) is 3.84. The summed E-state index contributed by atoms with van der Waals surface area (Å²) in [5.74, 6) is 0.482. The minimum atomic E-state index is 0.482. The van der Waals surface area contributed by atoms with Crippen molar-refractivity contribution in [2.24, 2.45) is 5.73 Å². The first-order chi connectivity index (χ1) is 6.74. The van der Waals surface area contributed by atoms with E-state index in [2.05, 4.69) is 32.0 Å².